The molecule has 2 aliphatic heterocycles. The number of fused-ring (bicyclic) bond motifs is 1. The van der Waals surface area contributed by atoms with Crippen LogP contribution in [0.2, 0.25) is 0 Å². The van der Waals surface area contributed by atoms with Crippen LogP contribution >= 0.6 is 12.2 Å². The fourth-order valence-corrected chi connectivity index (χ4v) is 4.80. The average Bonchev–Trinajstić information content (AvgIpc) is 2.62. The van der Waals surface area contributed by atoms with Crippen molar-refractivity contribution < 1.29 is 9.59 Å². The maximum absolute atomic E-state index is 12.8. The molecule has 0 saturated carbocycles. The van der Waals surface area contributed by atoms with Gasteiger partial charge in [-0.25, -0.2) is 0 Å². The molecule has 1 aromatic rings. The standard InChI is InChI=1S/C23H29N3O2S/c1-7-9-25-21(28)18(20(27)24-22(25)29)12-16-11-17-15(4)13-23(5,6)26(8-2)19(17)10-14(16)3/h7,10-12,15H,1,8-9,13H2,2-6H3,(H,24,27,29)/b18-12-. The van der Waals surface area contributed by atoms with Crippen LogP contribution in [0.1, 0.15) is 56.7 Å². The molecule has 154 valence electrons. The van der Waals surface area contributed by atoms with E-state index in [0.717, 1.165) is 24.1 Å². The quantitative estimate of drug-likeness (QED) is 0.353. The van der Waals surface area contributed by atoms with Crippen molar-refractivity contribution in [3.8, 4) is 0 Å². The number of rotatable bonds is 4. The molecule has 1 N–H and O–H groups in total. The number of carbonyl (C=O) groups excluding carboxylic acids is 2. The second-order valence-corrected chi connectivity index (χ2v) is 8.84. The fourth-order valence-electron chi connectivity index (χ4n) is 4.55. The van der Waals surface area contributed by atoms with Crippen LogP contribution in [0.25, 0.3) is 6.08 Å². The van der Waals surface area contributed by atoms with E-state index in [1.54, 1.807) is 12.2 Å². The number of anilines is 1. The Kier molecular flexibility index (Phi) is 5.68. The van der Waals surface area contributed by atoms with Crippen molar-refractivity contribution in [2.24, 2.45) is 0 Å². The summed E-state index contributed by atoms with van der Waals surface area (Å²) >= 11 is 5.13. The van der Waals surface area contributed by atoms with Crippen LogP contribution in [0.3, 0.4) is 0 Å². The molecular formula is C23H29N3O2S. The maximum atomic E-state index is 12.8. The Bertz CT molecular complexity index is 932. The molecule has 1 fully saturated rings. The molecule has 2 heterocycles. The van der Waals surface area contributed by atoms with Crippen LogP contribution in [-0.4, -0.2) is 40.5 Å². The Morgan fingerprint density at radius 3 is 2.66 bits per heavy atom. The van der Waals surface area contributed by atoms with Crippen molar-refractivity contribution >= 4 is 40.9 Å². The first-order valence-corrected chi connectivity index (χ1v) is 10.4. The third-order valence-corrected chi connectivity index (χ3v) is 6.21. The van der Waals surface area contributed by atoms with Gasteiger partial charge in [0.25, 0.3) is 11.8 Å². The van der Waals surface area contributed by atoms with E-state index >= 15 is 0 Å². The van der Waals surface area contributed by atoms with Gasteiger partial charge in [0.05, 0.1) is 0 Å². The molecule has 3 rings (SSSR count). The Balaban J connectivity index is 2.08. The third kappa shape index (κ3) is 3.73. The Labute approximate surface area is 178 Å². The second kappa shape index (κ2) is 7.75. The highest BCUT2D eigenvalue weighted by atomic mass is 32.1. The summed E-state index contributed by atoms with van der Waals surface area (Å²) in [5.74, 6) is -0.455. The van der Waals surface area contributed by atoms with E-state index in [4.69, 9.17) is 12.2 Å². The van der Waals surface area contributed by atoms with Gasteiger partial charge in [0.1, 0.15) is 5.57 Å². The summed E-state index contributed by atoms with van der Waals surface area (Å²) in [6.45, 7) is 15.8. The molecule has 29 heavy (non-hydrogen) atoms. The molecule has 5 nitrogen and oxygen atoms in total. The predicted molar refractivity (Wildman–Crippen MR) is 122 cm³/mol. The summed E-state index contributed by atoms with van der Waals surface area (Å²) < 4.78 is 0. The van der Waals surface area contributed by atoms with Crippen molar-refractivity contribution in [1.82, 2.24) is 10.2 Å². The number of hydrogen-bond donors (Lipinski definition) is 1. The fraction of sp³-hybridized carbons (Fsp3) is 0.435. The molecule has 2 amide bonds. The number of nitrogens with zero attached hydrogens (tertiary/aromatic N) is 2. The largest absolute Gasteiger partial charge is 0.366 e. The molecule has 0 bridgehead atoms. The number of benzene rings is 1. The molecule has 1 unspecified atom stereocenters. The first-order valence-electron chi connectivity index (χ1n) is 10.0. The van der Waals surface area contributed by atoms with Gasteiger partial charge in [-0.15, -0.1) is 6.58 Å². The lowest BCUT2D eigenvalue weighted by Crippen LogP contribution is -2.53. The van der Waals surface area contributed by atoms with Crippen molar-refractivity contribution in [3.63, 3.8) is 0 Å². The van der Waals surface area contributed by atoms with E-state index in [1.807, 2.05) is 6.92 Å². The molecule has 1 aromatic carbocycles. The third-order valence-electron chi connectivity index (χ3n) is 5.89. The summed E-state index contributed by atoms with van der Waals surface area (Å²) in [5, 5.41) is 2.72. The molecule has 0 aromatic heterocycles. The van der Waals surface area contributed by atoms with E-state index in [-0.39, 0.29) is 28.7 Å². The van der Waals surface area contributed by atoms with Crippen LogP contribution < -0.4 is 10.2 Å². The number of carbonyl (C=O) groups is 2. The first kappa shape index (κ1) is 21.2. The number of nitrogens with one attached hydrogen (secondary N) is 1. The summed E-state index contributed by atoms with van der Waals surface area (Å²) in [7, 11) is 0. The Morgan fingerprint density at radius 2 is 2.03 bits per heavy atom. The van der Waals surface area contributed by atoms with Crippen molar-refractivity contribution in [3.05, 3.63) is 47.1 Å². The van der Waals surface area contributed by atoms with Crippen LogP contribution in [0, 0.1) is 6.92 Å². The van der Waals surface area contributed by atoms with E-state index < -0.39 is 5.91 Å². The molecule has 0 radical (unpaired) electrons. The van der Waals surface area contributed by atoms with E-state index in [2.05, 4.69) is 56.6 Å². The SMILES string of the molecule is C=CCN1C(=O)/C(=C\c2cc3c(cc2C)N(CC)C(C)(C)CC3C)C(=O)NC1=S. The first-order chi connectivity index (χ1) is 13.6. The van der Waals surface area contributed by atoms with Gasteiger partial charge < -0.3 is 4.90 Å². The minimum Gasteiger partial charge on any atom is -0.366 e. The van der Waals surface area contributed by atoms with Crippen molar-refractivity contribution in [2.45, 2.75) is 52.5 Å². The molecule has 1 atom stereocenters. The molecule has 0 spiro atoms. The van der Waals surface area contributed by atoms with Crippen molar-refractivity contribution in [1.29, 1.82) is 0 Å². The molecule has 2 aliphatic rings. The monoisotopic (exact) mass is 411 g/mol. The number of aryl methyl sites for hydroxylation is 1. The van der Waals surface area contributed by atoms with Gasteiger partial charge in [-0.2, -0.15) is 0 Å². The minimum atomic E-state index is -0.457. The van der Waals surface area contributed by atoms with E-state index in [1.165, 1.54) is 16.2 Å². The van der Waals surface area contributed by atoms with Gasteiger partial charge in [0, 0.05) is 24.3 Å². The van der Waals surface area contributed by atoms with Crippen LogP contribution in [0.5, 0.6) is 0 Å². The summed E-state index contributed by atoms with van der Waals surface area (Å²) in [4.78, 5) is 29.1. The minimum absolute atomic E-state index is 0.0910. The highest BCUT2D eigenvalue weighted by Crippen LogP contribution is 2.44. The zero-order valence-corrected chi connectivity index (χ0v) is 18.7. The number of hydrogen-bond acceptors (Lipinski definition) is 4. The van der Waals surface area contributed by atoms with Crippen LogP contribution in [-0.2, 0) is 9.59 Å². The van der Waals surface area contributed by atoms with E-state index in [9.17, 15) is 9.59 Å². The van der Waals surface area contributed by atoms with Crippen molar-refractivity contribution in [2.75, 3.05) is 18.0 Å². The molecule has 1 saturated heterocycles. The highest BCUT2D eigenvalue weighted by Gasteiger charge is 2.36. The van der Waals surface area contributed by atoms with Gasteiger partial charge in [0.15, 0.2) is 5.11 Å². The lowest BCUT2D eigenvalue weighted by Gasteiger charge is -2.47. The zero-order chi connectivity index (χ0) is 21.5. The topological polar surface area (TPSA) is 52.7 Å². The van der Waals surface area contributed by atoms with Crippen LogP contribution in [0.15, 0.2) is 30.4 Å². The summed E-state index contributed by atoms with van der Waals surface area (Å²) in [5.41, 5.74) is 4.60. The van der Waals surface area contributed by atoms with Gasteiger partial charge in [-0.3, -0.25) is 19.8 Å². The second-order valence-electron chi connectivity index (χ2n) is 8.45. The highest BCUT2D eigenvalue weighted by molar-refractivity contribution is 7.80. The van der Waals surface area contributed by atoms with Gasteiger partial charge in [-0.05, 0) is 87.2 Å². The normalized spacial score (nSPS) is 22.6. The number of amides is 2. The molecular weight excluding hydrogens is 382 g/mol. The van der Waals surface area contributed by atoms with Gasteiger partial charge in [0.2, 0.25) is 0 Å². The van der Waals surface area contributed by atoms with E-state index in [0.29, 0.717) is 5.92 Å². The lowest BCUT2D eigenvalue weighted by atomic mass is 9.79. The maximum Gasteiger partial charge on any atom is 0.265 e. The Morgan fingerprint density at radius 1 is 1.34 bits per heavy atom. The molecule has 0 aliphatic carbocycles. The van der Waals surface area contributed by atoms with Gasteiger partial charge in [-0.1, -0.05) is 13.0 Å². The lowest BCUT2D eigenvalue weighted by molar-refractivity contribution is -0.128. The smallest absolute Gasteiger partial charge is 0.265 e. The van der Waals surface area contributed by atoms with Crippen LogP contribution in [0.4, 0.5) is 5.69 Å². The average molecular weight is 412 g/mol. The molecule has 6 heteroatoms. The number of thiocarbonyl (C=S) groups is 1. The summed E-state index contributed by atoms with van der Waals surface area (Å²) in [6.07, 6.45) is 4.33. The Hall–Kier alpha value is -2.47. The zero-order valence-electron chi connectivity index (χ0n) is 17.8. The summed E-state index contributed by atoms with van der Waals surface area (Å²) in [6, 6.07) is 4.31. The van der Waals surface area contributed by atoms with Gasteiger partial charge >= 0.3 is 0 Å². The predicted octanol–water partition coefficient (Wildman–Crippen LogP) is 3.92.